The third-order valence-corrected chi connectivity index (χ3v) is 9.21. The van der Waals surface area contributed by atoms with Crippen LogP contribution in [-0.2, 0) is 19.0 Å². The number of benzene rings is 2. The smallest absolute Gasteiger partial charge is 0.339 e. The number of anilines is 1. The third-order valence-electron chi connectivity index (χ3n) is 9.21. The first-order valence-electron chi connectivity index (χ1n) is 16.9. The average Bonchev–Trinajstić information content (AvgIpc) is 3.46. The fraction of sp³-hybridized carbons (Fsp3) is 0.500. The Kier molecular flexibility index (Phi) is 9.31. The van der Waals surface area contributed by atoms with Crippen LogP contribution in [0.15, 0.2) is 54.6 Å². The molecular formula is C38H48N4O5. The zero-order chi connectivity index (χ0) is 33.3. The van der Waals surface area contributed by atoms with E-state index < -0.39 is 17.7 Å². The van der Waals surface area contributed by atoms with Crippen LogP contribution in [-0.4, -0.2) is 64.7 Å². The Labute approximate surface area is 278 Å². The first kappa shape index (κ1) is 33.0. The van der Waals surface area contributed by atoms with Gasteiger partial charge in [0.25, 0.3) is 0 Å². The number of carbonyl (C=O) groups excluding carboxylic acids is 1. The molecule has 0 aliphatic carbocycles. The van der Waals surface area contributed by atoms with Gasteiger partial charge in [-0.05, 0) is 91.3 Å². The summed E-state index contributed by atoms with van der Waals surface area (Å²) in [7, 11) is 1.40. The van der Waals surface area contributed by atoms with E-state index in [4.69, 9.17) is 29.0 Å². The molecule has 47 heavy (non-hydrogen) atoms. The lowest BCUT2D eigenvalue weighted by atomic mass is 9.92. The van der Waals surface area contributed by atoms with E-state index in [2.05, 4.69) is 49.1 Å². The van der Waals surface area contributed by atoms with Crippen molar-refractivity contribution in [1.82, 2.24) is 14.6 Å². The number of piperidine rings is 1. The van der Waals surface area contributed by atoms with E-state index in [0.29, 0.717) is 23.5 Å². The van der Waals surface area contributed by atoms with Gasteiger partial charge in [-0.1, -0.05) is 36.4 Å². The van der Waals surface area contributed by atoms with Crippen LogP contribution in [0.3, 0.4) is 0 Å². The van der Waals surface area contributed by atoms with Crippen molar-refractivity contribution < 1.29 is 23.7 Å². The Bertz CT molecular complexity index is 1730. The van der Waals surface area contributed by atoms with Crippen LogP contribution < -0.4 is 9.64 Å². The molecule has 1 fully saturated rings. The predicted octanol–water partition coefficient (Wildman–Crippen LogP) is 7.73. The van der Waals surface area contributed by atoms with Crippen molar-refractivity contribution in [3.63, 3.8) is 0 Å². The Balaban J connectivity index is 1.53. The first-order chi connectivity index (χ1) is 22.4. The minimum atomic E-state index is -0.975. The van der Waals surface area contributed by atoms with Crippen molar-refractivity contribution in [3.8, 4) is 28.1 Å². The predicted molar refractivity (Wildman–Crippen MR) is 184 cm³/mol. The Morgan fingerprint density at radius 3 is 2.53 bits per heavy atom. The molecule has 0 N–H and O–H groups in total. The fourth-order valence-electron chi connectivity index (χ4n) is 6.67. The summed E-state index contributed by atoms with van der Waals surface area (Å²) in [5.74, 6) is 1.21. The number of carbonyl (C=O) groups is 1. The molecule has 6 bridgehead atoms. The van der Waals surface area contributed by atoms with Gasteiger partial charge in [-0.3, -0.25) is 0 Å². The second-order valence-electron chi connectivity index (χ2n) is 14.2. The number of nitrogens with zero attached hydrogens (tertiary/aromatic N) is 4. The first-order valence-corrected chi connectivity index (χ1v) is 16.9. The van der Waals surface area contributed by atoms with Gasteiger partial charge in [-0.2, -0.15) is 9.61 Å². The molecule has 9 heteroatoms. The van der Waals surface area contributed by atoms with Gasteiger partial charge in [-0.25, -0.2) is 9.78 Å². The number of ether oxygens (including phenoxy) is 4. The number of hydrogen-bond acceptors (Lipinski definition) is 8. The summed E-state index contributed by atoms with van der Waals surface area (Å²) < 4.78 is 26.6. The average molecular weight is 641 g/mol. The van der Waals surface area contributed by atoms with Crippen LogP contribution in [0, 0.1) is 6.92 Å². The molecule has 0 radical (unpaired) electrons. The van der Waals surface area contributed by atoms with Gasteiger partial charge in [0.15, 0.2) is 11.8 Å². The molecule has 0 saturated carbocycles. The second kappa shape index (κ2) is 13.3. The van der Waals surface area contributed by atoms with Gasteiger partial charge < -0.3 is 23.8 Å². The van der Waals surface area contributed by atoms with E-state index in [1.54, 1.807) is 0 Å². The van der Waals surface area contributed by atoms with Gasteiger partial charge in [0.05, 0.1) is 35.7 Å². The number of para-hydroxylation sites is 1. The molecule has 4 aromatic rings. The zero-order valence-corrected chi connectivity index (χ0v) is 28.8. The van der Waals surface area contributed by atoms with Crippen molar-refractivity contribution in [1.29, 1.82) is 0 Å². The zero-order valence-electron chi connectivity index (χ0n) is 28.8. The Morgan fingerprint density at radius 2 is 1.79 bits per heavy atom. The Morgan fingerprint density at radius 1 is 1.04 bits per heavy atom. The van der Waals surface area contributed by atoms with E-state index in [-0.39, 0.29) is 11.7 Å². The van der Waals surface area contributed by atoms with Gasteiger partial charge >= 0.3 is 5.97 Å². The molecule has 2 aromatic carbocycles. The highest BCUT2D eigenvalue weighted by Gasteiger charge is 2.38. The van der Waals surface area contributed by atoms with Crippen molar-refractivity contribution in [2.75, 3.05) is 31.7 Å². The lowest BCUT2D eigenvalue weighted by Gasteiger charge is -2.41. The summed E-state index contributed by atoms with van der Waals surface area (Å²) in [5.41, 5.74) is 5.08. The highest BCUT2D eigenvalue weighted by Crippen LogP contribution is 2.39. The number of esters is 1. The van der Waals surface area contributed by atoms with E-state index >= 15 is 0 Å². The van der Waals surface area contributed by atoms with Crippen molar-refractivity contribution >= 4 is 17.4 Å². The van der Waals surface area contributed by atoms with E-state index in [1.807, 2.05) is 56.5 Å². The monoisotopic (exact) mass is 640 g/mol. The summed E-state index contributed by atoms with van der Waals surface area (Å²) in [5, 5.41) is 5.17. The molecule has 3 aliphatic rings. The van der Waals surface area contributed by atoms with Crippen LogP contribution in [0.5, 0.6) is 5.75 Å². The number of aromatic nitrogens is 3. The minimum Gasteiger partial charge on any atom is -0.490 e. The summed E-state index contributed by atoms with van der Waals surface area (Å²) in [6.45, 7) is 14.3. The quantitative estimate of drug-likeness (QED) is 0.210. The fourth-order valence-corrected chi connectivity index (χ4v) is 6.67. The van der Waals surface area contributed by atoms with Gasteiger partial charge in [0.2, 0.25) is 0 Å². The van der Waals surface area contributed by atoms with Crippen molar-refractivity contribution in [2.24, 2.45) is 0 Å². The molecule has 5 heterocycles. The van der Waals surface area contributed by atoms with Crippen LogP contribution in [0.4, 0.5) is 5.82 Å². The van der Waals surface area contributed by atoms with Crippen LogP contribution in [0.2, 0.25) is 0 Å². The molecule has 0 spiro atoms. The normalized spacial score (nSPS) is 21.3. The van der Waals surface area contributed by atoms with Gasteiger partial charge in [0.1, 0.15) is 11.6 Å². The van der Waals surface area contributed by atoms with Crippen LogP contribution in [0.1, 0.15) is 84.1 Å². The van der Waals surface area contributed by atoms with Crippen LogP contribution >= 0.6 is 0 Å². The molecule has 2 aromatic heterocycles. The van der Waals surface area contributed by atoms with Crippen molar-refractivity contribution in [2.45, 2.75) is 97.1 Å². The number of aryl methyl sites for hydroxylation is 1. The Hall–Kier alpha value is -3.95. The third kappa shape index (κ3) is 7.16. The molecule has 3 aliphatic heterocycles. The molecule has 7 rings (SSSR count). The SMILES string of the molecule is COC(=O)[C@@H](OC(C)(C)C)c1c(C)nc2cc3nn2c1N1CCC(C)(CC1)OCCCC[C@H](C)Oc1ccccc1-c1cccc-3c1. The molecular weight excluding hydrogens is 592 g/mol. The molecule has 0 amide bonds. The molecule has 1 saturated heterocycles. The highest BCUT2D eigenvalue weighted by molar-refractivity contribution is 5.81. The summed E-state index contributed by atoms with van der Waals surface area (Å²) in [4.78, 5) is 20.7. The van der Waals surface area contributed by atoms with E-state index in [0.717, 1.165) is 79.1 Å². The maximum Gasteiger partial charge on any atom is 0.339 e. The van der Waals surface area contributed by atoms with E-state index in [1.165, 1.54) is 7.11 Å². The summed E-state index contributed by atoms with van der Waals surface area (Å²) >= 11 is 0. The number of methoxy groups -OCH3 is 1. The maximum atomic E-state index is 13.4. The highest BCUT2D eigenvalue weighted by atomic mass is 16.6. The second-order valence-corrected chi connectivity index (χ2v) is 14.2. The molecule has 0 unspecified atom stereocenters. The maximum absolute atomic E-state index is 13.4. The standard InChI is InChI=1S/C38H48N4O5/c1-25-13-10-11-22-45-38(6)18-20-41(21-19-38)35-33(34(36(43)44-7)47-37(3,4)5)26(2)39-32-24-30(40-42(32)35)28-15-12-14-27(23-28)29-16-8-9-17-31(29)46-25/h8-9,12,14-17,23-25,34H,10-11,13,18-22H2,1-7H3/t25-,34-/m0/s1. The van der Waals surface area contributed by atoms with Crippen molar-refractivity contribution in [3.05, 3.63) is 65.9 Å². The largest absolute Gasteiger partial charge is 0.490 e. The summed E-state index contributed by atoms with van der Waals surface area (Å²) in [6, 6.07) is 18.6. The molecule has 250 valence electrons. The minimum absolute atomic E-state index is 0.0835. The van der Waals surface area contributed by atoms with Gasteiger partial charge in [-0.15, -0.1) is 0 Å². The van der Waals surface area contributed by atoms with E-state index in [9.17, 15) is 4.79 Å². The lowest BCUT2D eigenvalue weighted by molar-refractivity contribution is -0.164. The summed E-state index contributed by atoms with van der Waals surface area (Å²) in [6.07, 6.45) is 3.75. The topological polar surface area (TPSA) is 87.4 Å². The number of hydrogen-bond donors (Lipinski definition) is 0. The number of rotatable bonds is 3. The lowest BCUT2D eigenvalue weighted by Crippen LogP contribution is -2.46. The number of fused-ring (bicyclic) bond motifs is 8. The molecule has 2 atom stereocenters. The van der Waals surface area contributed by atoms with Gasteiger partial charge in [0, 0.05) is 42.6 Å². The molecule has 9 nitrogen and oxygen atoms in total. The van der Waals surface area contributed by atoms with Crippen LogP contribution in [0.25, 0.3) is 28.0 Å².